The third kappa shape index (κ3) is 3.82. The van der Waals surface area contributed by atoms with Crippen molar-refractivity contribution in [3.05, 3.63) is 59.2 Å². The van der Waals surface area contributed by atoms with Crippen molar-refractivity contribution >= 4 is 11.8 Å². The van der Waals surface area contributed by atoms with E-state index in [4.69, 9.17) is 0 Å². The van der Waals surface area contributed by atoms with Gasteiger partial charge in [0.15, 0.2) is 0 Å². The van der Waals surface area contributed by atoms with Crippen molar-refractivity contribution in [2.24, 2.45) is 11.8 Å². The van der Waals surface area contributed by atoms with Gasteiger partial charge in [-0.1, -0.05) is 12.1 Å². The lowest BCUT2D eigenvalue weighted by Crippen LogP contribution is -2.70. The monoisotopic (exact) mass is 420 g/mol. The second kappa shape index (κ2) is 7.41. The summed E-state index contributed by atoms with van der Waals surface area (Å²) in [6, 6.07) is 10.6. The van der Waals surface area contributed by atoms with Crippen LogP contribution in [0.1, 0.15) is 70.9 Å². The minimum Gasteiger partial charge on any atom is -0.390 e. The van der Waals surface area contributed by atoms with Gasteiger partial charge in [0.2, 0.25) is 0 Å². The summed E-state index contributed by atoms with van der Waals surface area (Å²) in [5.41, 5.74) is 1.43. The Bertz CT molecular complexity index is 1020. The number of aromatic nitrogens is 2. The highest BCUT2D eigenvalue weighted by molar-refractivity contribution is 5.93. The van der Waals surface area contributed by atoms with E-state index in [-0.39, 0.29) is 29.5 Å². The van der Waals surface area contributed by atoms with Crippen molar-refractivity contribution in [1.29, 1.82) is 0 Å². The van der Waals surface area contributed by atoms with Crippen molar-refractivity contribution in [1.82, 2.24) is 20.6 Å². The molecule has 2 aromatic rings. The van der Waals surface area contributed by atoms with E-state index in [9.17, 15) is 14.7 Å². The molecule has 4 aliphatic carbocycles. The van der Waals surface area contributed by atoms with Crippen LogP contribution in [0.4, 0.5) is 0 Å². The van der Waals surface area contributed by atoms with Gasteiger partial charge in [0.1, 0.15) is 11.4 Å². The number of nitrogens with one attached hydrogen (secondary N) is 2. The Hall–Kier alpha value is -2.80. The van der Waals surface area contributed by atoms with Gasteiger partial charge in [0.05, 0.1) is 12.3 Å². The van der Waals surface area contributed by atoms with Gasteiger partial charge in [-0.05, 0) is 81.5 Å². The van der Waals surface area contributed by atoms with Gasteiger partial charge in [0.25, 0.3) is 11.8 Å². The highest BCUT2D eigenvalue weighted by atomic mass is 16.3. The Kier molecular flexibility index (Phi) is 4.81. The predicted octanol–water partition coefficient (Wildman–Crippen LogP) is 2.53. The van der Waals surface area contributed by atoms with E-state index < -0.39 is 0 Å². The number of aliphatic hydroxyl groups is 1. The van der Waals surface area contributed by atoms with Gasteiger partial charge < -0.3 is 15.7 Å². The normalized spacial score (nSPS) is 30.8. The molecule has 0 aromatic carbocycles. The fourth-order valence-corrected chi connectivity index (χ4v) is 6.53. The summed E-state index contributed by atoms with van der Waals surface area (Å²) < 4.78 is 0. The molecule has 0 aliphatic heterocycles. The van der Waals surface area contributed by atoms with Crippen LogP contribution in [0.3, 0.4) is 0 Å². The number of nitrogens with zero attached hydrogens (tertiary/aromatic N) is 2. The Morgan fingerprint density at radius 3 is 2.03 bits per heavy atom. The number of carbonyl (C=O) groups is 2. The fraction of sp³-hybridized carbons (Fsp3) is 0.500. The number of aliphatic hydroxyl groups excluding tert-OH is 1. The zero-order valence-electron chi connectivity index (χ0n) is 17.7. The quantitative estimate of drug-likeness (QED) is 0.690. The van der Waals surface area contributed by atoms with E-state index in [0.717, 1.165) is 44.2 Å². The summed E-state index contributed by atoms with van der Waals surface area (Å²) in [6.45, 7) is 1.68. The van der Waals surface area contributed by atoms with Crippen molar-refractivity contribution in [3.8, 4) is 0 Å². The molecule has 0 radical (unpaired) electrons. The molecule has 2 heterocycles. The van der Waals surface area contributed by atoms with E-state index in [2.05, 4.69) is 20.6 Å². The molecule has 2 unspecified atom stereocenters. The molecule has 31 heavy (non-hydrogen) atoms. The van der Waals surface area contributed by atoms with E-state index in [1.54, 1.807) is 24.3 Å². The molecule has 3 N–H and O–H groups in total. The standard InChI is InChI=1S/C24H28N4O3/c1-15-4-2-6-19(25-15)21(30)27-23-9-16-8-17(10-23)12-24(11-16,14-23)28-22(31)20-7-3-5-18(13-29)26-20/h2-7,16-17,29H,8-14H2,1H3,(H,27,30)(H,28,31). The second-order valence-electron chi connectivity index (χ2n) is 9.77. The highest BCUT2D eigenvalue weighted by Crippen LogP contribution is 2.57. The third-order valence-corrected chi connectivity index (χ3v) is 7.14. The molecular formula is C24H28N4O3. The van der Waals surface area contributed by atoms with Crippen LogP contribution in [0.25, 0.3) is 0 Å². The molecule has 4 fully saturated rings. The van der Waals surface area contributed by atoms with Crippen LogP contribution in [-0.2, 0) is 6.61 Å². The molecule has 4 saturated carbocycles. The largest absolute Gasteiger partial charge is 0.390 e. The average molecular weight is 421 g/mol. The first kappa shape index (κ1) is 20.1. The maximum atomic E-state index is 13.0. The number of aryl methyl sites for hydroxylation is 1. The van der Waals surface area contributed by atoms with Gasteiger partial charge in [-0.15, -0.1) is 0 Å². The number of amides is 2. The molecule has 2 aromatic heterocycles. The van der Waals surface area contributed by atoms with E-state index in [1.807, 2.05) is 19.1 Å². The number of hydrogen-bond donors (Lipinski definition) is 3. The first-order chi connectivity index (χ1) is 14.9. The van der Waals surface area contributed by atoms with Crippen molar-refractivity contribution < 1.29 is 14.7 Å². The van der Waals surface area contributed by atoms with Crippen molar-refractivity contribution in [3.63, 3.8) is 0 Å². The van der Waals surface area contributed by atoms with Gasteiger partial charge in [-0.2, -0.15) is 0 Å². The minimum atomic E-state index is -0.328. The molecular weight excluding hydrogens is 392 g/mol. The van der Waals surface area contributed by atoms with E-state index in [0.29, 0.717) is 28.9 Å². The van der Waals surface area contributed by atoms with E-state index in [1.165, 1.54) is 0 Å². The zero-order valence-corrected chi connectivity index (χ0v) is 17.7. The number of pyridine rings is 2. The van der Waals surface area contributed by atoms with Crippen LogP contribution in [0, 0.1) is 18.8 Å². The molecule has 0 spiro atoms. The lowest BCUT2D eigenvalue weighted by Gasteiger charge is -2.62. The predicted molar refractivity (Wildman–Crippen MR) is 114 cm³/mol. The van der Waals surface area contributed by atoms with Crippen LogP contribution < -0.4 is 10.6 Å². The summed E-state index contributed by atoms with van der Waals surface area (Å²) in [7, 11) is 0. The molecule has 4 aliphatic rings. The molecule has 7 heteroatoms. The molecule has 0 saturated heterocycles. The average Bonchev–Trinajstić information content (AvgIpc) is 2.72. The zero-order chi connectivity index (χ0) is 21.6. The Balaban J connectivity index is 1.37. The first-order valence-electron chi connectivity index (χ1n) is 11.0. The van der Waals surface area contributed by atoms with Gasteiger partial charge in [-0.3, -0.25) is 9.59 Å². The van der Waals surface area contributed by atoms with Crippen LogP contribution in [0.5, 0.6) is 0 Å². The number of hydrogen-bond acceptors (Lipinski definition) is 5. The SMILES string of the molecule is Cc1cccc(C(=O)NC23CC4CC(C2)CC(NC(=O)c2cccc(CO)n2)(C4)C3)n1. The molecule has 162 valence electrons. The van der Waals surface area contributed by atoms with E-state index >= 15 is 0 Å². The highest BCUT2D eigenvalue weighted by Gasteiger charge is 2.58. The summed E-state index contributed by atoms with van der Waals surface area (Å²) in [5, 5.41) is 15.9. The lowest BCUT2D eigenvalue weighted by molar-refractivity contribution is -0.0449. The van der Waals surface area contributed by atoms with Crippen molar-refractivity contribution in [2.75, 3.05) is 0 Å². The number of rotatable bonds is 5. The maximum Gasteiger partial charge on any atom is 0.270 e. The summed E-state index contributed by atoms with van der Waals surface area (Å²) >= 11 is 0. The lowest BCUT2D eigenvalue weighted by atomic mass is 9.49. The molecule has 4 bridgehead atoms. The van der Waals surface area contributed by atoms with Gasteiger partial charge >= 0.3 is 0 Å². The first-order valence-corrected chi connectivity index (χ1v) is 11.0. The van der Waals surface area contributed by atoms with Crippen LogP contribution in [-0.4, -0.2) is 38.0 Å². The summed E-state index contributed by atoms with van der Waals surface area (Å²) in [4.78, 5) is 34.7. The molecule has 6 rings (SSSR count). The van der Waals surface area contributed by atoms with Gasteiger partial charge in [0, 0.05) is 16.8 Å². The Morgan fingerprint density at radius 1 is 0.935 bits per heavy atom. The fourth-order valence-electron chi connectivity index (χ4n) is 6.53. The maximum absolute atomic E-state index is 13.0. The van der Waals surface area contributed by atoms with Gasteiger partial charge in [-0.25, -0.2) is 9.97 Å². The molecule has 7 nitrogen and oxygen atoms in total. The Labute approximate surface area is 181 Å². The minimum absolute atomic E-state index is 0.135. The molecule has 2 atom stereocenters. The Morgan fingerprint density at radius 2 is 1.48 bits per heavy atom. The summed E-state index contributed by atoms with van der Waals surface area (Å²) in [5.74, 6) is 0.636. The second-order valence-corrected chi connectivity index (χ2v) is 9.77. The smallest absolute Gasteiger partial charge is 0.270 e. The topological polar surface area (TPSA) is 104 Å². The van der Waals surface area contributed by atoms with Crippen LogP contribution >= 0.6 is 0 Å². The molecule has 2 amide bonds. The van der Waals surface area contributed by atoms with Crippen molar-refractivity contribution in [2.45, 2.75) is 63.1 Å². The van der Waals surface area contributed by atoms with Crippen LogP contribution in [0.15, 0.2) is 36.4 Å². The van der Waals surface area contributed by atoms with Crippen LogP contribution in [0.2, 0.25) is 0 Å². The number of carbonyl (C=O) groups excluding carboxylic acids is 2. The summed E-state index contributed by atoms with van der Waals surface area (Å²) in [6.07, 6.45) is 5.69. The third-order valence-electron chi connectivity index (χ3n) is 7.14.